The maximum atomic E-state index is 4.68. The van der Waals surface area contributed by atoms with Crippen LogP contribution in [0.1, 0.15) is 29.8 Å². The quantitative estimate of drug-likeness (QED) is 0.907. The van der Waals surface area contributed by atoms with Crippen LogP contribution < -0.4 is 10.2 Å². The molecular weight excluding hydrogens is 254 g/mol. The van der Waals surface area contributed by atoms with Gasteiger partial charge in [0.15, 0.2) is 5.13 Å². The number of anilines is 1. The summed E-state index contributed by atoms with van der Waals surface area (Å²) in [7, 11) is 4.05. The summed E-state index contributed by atoms with van der Waals surface area (Å²) in [5, 5.41) is 6.41. The summed E-state index contributed by atoms with van der Waals surface area (Å²) in [5.41, 5.74) is 3.72. The minimum absolute atomic E-state index is 0.303. The topological polar surface area (TPSA) is 28.2 Å². The van der Waals surface area contributed by atoms with Crippen LogP contribution in [0.5, 0.6) is 0 Å². The van der Waals surface area contributed by atoms with Crippen LogP contribution in [0.2, 0.25) is 0 Å². The number of benzene rings is 1. The lowest BCUT2D eigenvalue weighted by atomic mass is 10.1. The summed E-state index contributed by atoms with van der Waals surface area (Å²) in [5.74, 6) is 0. The van der Waals surface area contributed by atoms with Crippen LogP contribution in [0.25, 0.3) is 0 Å². The van der Waals surface area contributed by atoms with Crippen LogP contribution in [0, 0.1) is 6.92 Å². The first-order chi connectivity index (χ1) is 9.10. The van der Waals surface area contributed by atoms with Crippen LogP contribution in [-0.2, 0) is 6.54 Å². The van der Waals surface area contributed by atoms with E-state index in [1.165, 1.54) is 11.1 Å². The summed E-state index contributed by atoms with van der Waals surface area (Å²) in [6, 6.07) is 8.96. The van der Waals surface area contributed by atoms with Crippen LogP contribution in [-0.4, -0.2) is 19.1 Å². The first-order valence-electron chi connectivity index (χ1n) is 6.49. The molecule has 0 saturated carbocycles. The lowest BCUT2D eigenvalue weighted by molar-refractivity contribution is 0.636. The first-order valence-corrected chi connectivity index (χ1v) is 7.37. The molecule has 0 aliphatic rings. The van der Waals surface area contributed by atoms with Crippen molar-refractivity contribution in [3.05, 3.63) is 46.5 Å². The highest BCUT2D eigenvalue weighted by molar-refractivity contribution is 7.13. The Morgan fingerprint density at radius 3 is 2.63 bits per heavy atom. The molecule has 3 nitrogen and oxygen atoms in total. The summed E-state index contributed by atoms with van der Waals surface area (Å²) in [4.78, 5) is 6.87. The van der Waals surface area contributed by atoms with Crippen LogP contribution in [0.3, 0.4) is 0 Å². The Labute approximate surface area is 119 Å². The van der Waals surface area contributed by atoms with E-state index >= 15 is 0 Å². The Kier molecular flexibility index (Phi) is 4.56. The molecule has 1 atom stereocenters. The summed E-state index contributed by atoms with van der Waals surface area (Å²) < 4.78 is 0. The molecule has 4 heteroatoms. The molecule has 0 aliphatic carbocycles. The molecule has 0 amide bonds. The molecule has 1 heterocycles. The van der Waals surface area contributed by atoms with E-state index in [1.807, 2.05) is 7.05 Å². The van der Waals surface area contributed by atoms with Crippen molar-refractivity contribution in [3.63, 3.8) is 0 Å². The molecule has 0 fully saturated rings. The lowest BCUT2D eigenvalue weighted by Gasteiger charge is -2.16. The molecule has 102 valence electrons. The van der Waals surface area contributed by atoms with E-state index in [0.29, 0.717) is 6.04 Å². The van der Waals surface area contributed by atoms with Crippen LogP contribution in [0.15, 0.2) is 29.6 Å². The normalized spacial score (nSPS) is 12.4. The maximum absolute atomic E-state index is 4.68. The van der Waals surface area contributed by atoms with Crippen molar-refractivity contribution in [1.29, 1.82) is 0 Å². The van der Waals surface area contributed by atoms with Gasteiger partial charge in [-0.15, -0.1) is 11.3 Å². The third-order valence-corrected chi connectivity index (χ3v) is 4.23. The summed E-state index contributed by atoms with van der Waals surface area (Å²) in [6.07, 6.45) is 0. The molecule has 1 unspecified atom stereocenters. The van der Waals surface area contributed by atoms with E-state index in [-0.39, 0.29) is 0 Å². The van der Waals surface area contributed by atoms with Crippen molar-refractivity contribution < 1.29 is 0 Å². The highest BCUT2D eigenvalue weighted by Crippen LogP contribution is 2.24. The fourth-order valence-electron chi connectivity index (χ4n) is 1.83. The van der Waals surface area contributed by atoms with Gasteiger partial charge < -0.3 is 10.2 Å². The van der Waals surface area contributed by atoms with E-state index in [2.05, 4.69) is 65.7 Å². The molecule has 0 bridgehead atoms. The number of nitrogens with one attached hydrogen (secondary N) is 1. The van der Waals surface area contributed by atoms with E-state index < -0.39 is 0 Å². The SMILES string of the molecule is CNC(C)c1csc(N(C)Cc2ccc(C)cc2)n1. The Hall–Kier alpha value is -1.39. The molecule has 0 saturated heterocycles. The molecule has 1 N–H and O–H groups in total. The Balaban J connectivity index is 2.05. The van der Waals surface area contributed by atoms with Gasteiger partial charge >= 0.3 is 0 Å². The van der Waals surface area contributed by atoms with Gasteiger partial charge in [0.05, 0.1) is 5.69 Å². The molecular formula is C15H21N3S. The standard InChI is InChI=1S/C15H21N3S/c1-11-5-7-13(8-6-11)9-18(4)15-17-14(10-19-15)12(2)16-3/h5-8,10,12,16H,9H2,1-4H3. The van der Waals surface area contributed by atoms with Gasteiger partial charge in [0.2, 0.25) is 0 Å². The van der Waals surface area contributed by atoms with Gasteiger partial charge in [-0.3, -0.25) is 0 Å². The maximum Gasteiger partial charge on any atom is 0.185 e. The van der Waals surface area contributed by atoms with Crippen molar-refractivity contribution in [2.45, 2.75) is 26.4 Å². The molecule has 1 aromatic heterocycles. The third kappa shape index (κ3) is 3.55. The average Bonchev–Trinajstić information content (AvgIpc) is 2.90. The zero-order chi connectivity index (χ0) is 13.8. The minimum Gasteiger partial charge on any atom is -0.347 e. The predicted octanol–water partition coefficient (Wildman–Crippen LogP) is 3.37. The van der Waals surface area contributed by atoms with Crippen molar-refractivity contribution in [1.82, 2.24) is 10.3 Å². The van der Waals surface area contributed by atoms with E-state index in [4.69, 9.17) is 0 Å². The fourth-order valence-corrected chi connectivity index (χ4v) is 2.72. The average molecular weight is 275 g/mol. The van der Waals surface area contributed by atoms with Gasteiger partial charge in [-0.1, -0.05) is 29.8 Å². The summed E-state index contributed by atoms with van der Waals surface area (Å²) in [6.45, 7) is 5.12. The largest absolute Gasteiger partial charge is 0.347 e. The molecule has 0 spiro atoms. The minimum atomic E-state index is 0.303. The molecule has 2 rings (SSSR count). The molecule has 2 aromatic rings. The third-order valence-electron chi connectivity index (χ3n) is 3.25. The highest BCUT2D eigenvalue weighted by Gasteiger charge is 2.11. The number of aromatic nitrogens is 1. The molecule has 1 aromatic carbocycles. The van der Waals surface area contributed by atoms with E-state index in [0.717, 1.165) is 17.4 Å². The number of nitrogens with zero attached hydrogens (tertiary/aromatic N) is 2. The second-order valence-corrected chi connectivity index (χ2v) is 5.74. The highest BCUT2D eigenvalue weighted by atomic mass is 32.1. The lowest BCUT2D eigenvalue weighted by Crippen LogP contribution is -2.17. The Bertz CT molecular complexity index is 518. The van der Waals surface area contributed by atoms with E-state index in [9.17, 15) is 0 Å². The second-order valence-electron chi connectivity index (χ2n) is 4.91. The Morgan fingerprint density at radius 1 is 1.32 bits per heavy atom. The number of hydrogen-bond donors (Lipinski definition) is 1. The molecule has 0 aliphatic heterocycles. The molecule has 19 heavy (non-hydrogen) atoms. The first kappa shape index (κ1) is 14.0. The summed E-state index contributed by atoms with van der Waals surface area (Å²) >= 11 is 1.70. The number of rotatable bonds is 5. The smallest absolute Gasteiger partial charge is 0.185 e. The number of hydrogen-bond acceptors (Lipinski definition) is 4. The van der Waals surface area contributed by atoms with Crippen molar-refractivity contribution in [2.75, 3.05) is 19.0 Å². The predicted molar refractivity (Wildman–Crippen MR) is 82.9 cm³/mol. The van der Waals surface area contributed by atoms with Crippen LogP contribution >= 0.6 is 11.3 Å². The van der Waals surface area contributed by atoms with Crippen LogP contribution in [0.4, 0.5) is 5.13 Å². The van der Waals surface area contributed by atoms with Gasteiger partial charge in [0.25, 0.3) is 0 Å². The van der Waals surface area contributed by atoms with Gasteiger partial charge in [-0.2, -0.15) is 0 Å². The van der Waals surface area contributed by atoms with Gasteiger partial charge in [0.1, 0.15) is 0 Å². The van der Waals surface area contributed by atoms with Gasteiger partial charge in [-0.05, 0) is 26.5 Å². The number of aryl methyl sites for hydroxylation is 1. The van der Waals surface area contributed by atoms with Crippen molar-refractivity contribution >= 4 is 16.5 Å². The van der Waals surface area contributed by atoms with Gasteiger partial charge in [-0.25, -0.2) is 4.98 Å². The zero-order valence-electron chi connectivity index (χ0n) is 12.0. The number of thiazole rings is 1. The van der Waals surface area contributed by atoms with Gasteiger partial charge in [0, 0.05) is 25.0 Å². The Morgan fingerprint density at radius 2 is 2.00 bits per heavy atom. The zero-order valence-corrected chi connectivity index (χ0v) is 12.8. The van der Waals surface area contributed by atoms with E-state index in [1.54, 1.807) is 11.3 Å². The second kappa shape index (κ2) is 6.17. The monoisotopic (exact) mass is 275 g/mol. The fraction of sp³-hybridized carbons (Fsp3) is 0.400. The molecule has 0 radical (unpaired) electrons. The van der Waals surface area contributed by atoms with Crippen molar-refractivity contribution in [2.24, 2.45) is 0 Å². The van der Waals surface area contributed by atoms with Crippen molar-refractivity contribution in [3.8, 4) is 0 Å².